The van der Waals surface area contributed by atoms with Crippen molar-refractivity contribution in [2.75, 3.05) is 13.6 Å². The molecule has 0 saturated heterocycles. The summed E-state index contributed by atoms with van der Waals surface area (Å²) in [6, 6.07) is 9.36. The van der Waals surface area contributed by atoms with Gasteiger partial charge in [0.15, 0.2) is 5.69 Å². The van der Waals surface area contributed by atoms with Crippen LogP contribution in [0.4, 0.5) is 0 Å². The number of nitrogens with one attached hydrogen (secondary N) is 2. The fourth-order valence-corrected chi connectivity index (χ4v) is 3.60. The number of nitrogens with zero attached hydrogens (tertiary/aromatic N) is 3. The molecule has 0 fully saturated rings. The summed E-state index contributed by atoms with van der Waals surface area (Å²) < 4.78 is 1.46. The van der Waals surface area contributed by atoms with Crippen molar-refractivity contribution < 1.29 is 14.4 Å². The van der Waals surface area contributed by atoms with Gasteiger partial charge in [-0.05, 0) is 31.7 Å². The number of aromatic nitrogens is 2. The highest BCUT2D eigenvalue weighted by Gasteiger charge is 2.46. The molecular formula is C23H31N5O3. The summed E-state index contributed by atoms with van der Waals surface area (Å²) in [5.41, 5.74) is 1.48. The first-order valence-corrected chi connectivity index (χ1v) is 10.6. The van der Waals surface area contributed by atoms with Gasteiger partial charge in [0, 0.05) is 26.2 Å². The van der Waals surface area contributed by atoms with Gasteiger partial charge in [-0.15, -0.1) is 0 Å². The van der Waals surface area contributed by atoms with E-state index in [9.17, 15) is 14.4 Å². The van der Waals surface area contributed by atoms with Crippen molar-refractivity contribution in [1.29, 1.82) is 0 Å². The number of aryl methyl sites for hydroxylation is 1. The molecule has 1 atom stereocenters. The van der Waals surface area contributed by atoms with Crippen molar-refractivity contribution in [3.05, 3.63) is 52.8 Å². The lowest BCUT2D eigenvalue weighted by Crippen LogP contribution is -2.62. The number of hydrogen-bond donors (Lipinski definition) is 2. The van der Waals surface area contributed by atoms with Crippen LogP contribution >= 0.6 is 0 Å². The van der Waals surface area contributed by atoms with Gasteiger partial charge in [-0.1, -0.05) is 43.7 Å². The zero-order chi connectivity index (χ0) is 22.8. The van der Waals surface area contributed by atoms with Gasteiger partial charge in [0.2, 0.25) is 5.91 Å². The Kier molecular flexibility index (Phi) is 6.48. The summed E-state index contributed by atoms with van der Waals surface area (Å²) in [4.78, 5) is 39.8. The van der Waals surface area contributed by atoms with E-state index in [-0.39, 0.29) is 30.0 Å². The van der Waals surface area contributed by atoms with Crippen LogP contribution in [0.15, 0.2) is 30.3 Å². The van der Waals surface area contributed by atoms with Crippen LogP contribution in [0.3, 0.4) is 0 Å². The van der Waals surface area contributed by atoms with Gasteiger partial charge in [-0.25, -0.2) is 0 Å². The molecule has 8 nitrogen and oxygen atoms in total. The van der Waals surface area contributed by atoms with Crippen LogP contribution in [0.5, 0.6) is 0 Å². The van der Waals surface area contributed by atoms with Gasteiger partial charge >= 0.3 is 0 Å². The minimum Gasteiger partial charge on any atom is -0.354 e. The highest BCUT2D eigenvalue weighted by atomic mass is 16.2. The van der Waals surface area contributed by atoms with Crippen molar-refractivity contribution in [2.24, 2.45) is 5.92 Å². The van der Waals surface area contributed by atoms with Gasteiger partial charge in [0.25, 0.3) is 11.8 Å². The monoisotopic (exact) mass is 425 g/mol. The smallest absolute Gasteiger partial charge is 0.272 e. The summed E-state index contributed by atoms with van der Waals surface area (Å²) >= 11 is 0. The summed E-state index contributed by atoms with van der Waals surface area (Å²) in [6.45, 7) is 8.99. The molecule has 8 heteroatoms. The average Bonchev–Trinajstić information content (AvgIpc) is 3.14. The Labute approximate surface area is 183 Å². The molecular weight excluding hydrogens is 394 g/mol. The number of rotatable bonds is 7. The van der Waals surface area contributed by atoms with Crippen molar-refractivity contribution in [3.8, 4) is 0 Å². The zero-order valence-corrected chi connectivity index (χ0v) is 18.9. The van der Waals surface area contributed by atoms with Gasteiger partial charge in [0.1, 0.15) is 11.2 Å². The number of likely N-dealkylation sites (N-methyl/N-ethyl adjacent to an activating group) is 1. The molecule has 0 bridgehead atoms. The third-order valence-electron chi connectivity index (χ3n) is 5.77. The standard InChI is InChI=1S/C23H31N5O3/c1-15(2)9-10-24-22(31)23(4)14-28-19(21(30)27(23)5)12-18(26-28)20(29)25-13-17-8-6-7-16(3)11-17/h6-8,11-12,15H,9-10,13-14H2,1-5H3,(H,24,31)(H,25,29)/t23-/m0/s1. The van der Waals surface area contributed by atoms with Crippen LogP contribution in [-0.2, 0) is 17.9 Å². The van der Waals surface area contributed by atoms with Crippen LogP contribution in [0.25, 0.3) is 0 Å². The Morgan fingerprint density at radius 1 is 1.23 bits per heavy atom. The third-order valence-corrected chi connectivity index (χ3v) is 5.77. The second-order valence-electron chi connectivity index (χ2n) is 8.82. The van der Waals surface area contributed by atoms with Crippen LogP contribution < -0.4 is 10.6 Å². The average molecular weight is 426 g/mol. The van der Waals surface area contributed by atoms with E-state index in [4.69, 9.17) is 0 Å². The molecule has 3 amide bonds. The lowest BCUT2D eigenvalue weighted by Gasteiger charge is -2.40. The maximum Gasteiger partial charge on any atom is 0.272 e. The van der Waals surface area contributed by atoms with Gasteiger partial charge in [-0.2, -0.15) is 5.10 Å². The van der Waals surface area contributed by atoms with Gasteiger partial charge in [-0.3, -0.25) is 19.1 Å². The van der Waals surface area contributed by atoms with E-state index in [1.54, 1.807) is 14.0 Å². The zero-order valence-electron chi connectivity index (χ0n) is 18.9. The van der Waals surface area contributed by atoms with Crippen molar-refractivity contribution in [3.63, 3.8) is 0 Å². The van der Waals surface area contributed by atoms with E-state index in [0.29, 0.717) is 24.7 Å². The van der Waals surface area contributed by atoms with Crippen LogP contribution in [0, 0.1) is 12.8 Å². The molecule has 1 aromatic carbocycles. The Balaban J connectivity index is 1.73. The van der Waals surface area contributed by atoms with Gasteiger partial charge < -0.3 is 15.5 Å². The minimum atomic E-state index is -1.08. The highest BCUT2D eigenvalue weighted by Crippen LogP contribution is 2.26. The summed E-state index contributed by atoms with van der Waals surface area (Å²) in [5, 5.41) is 10.1. The number of fused-ring (bicyclic) bond motifs is 1. The quantitative estimate of drug-likeness (QED) is 0.710. The van der Waals surface area contributed by atoms with E-state index < -0.39 is 5.54 Å². The lowest BCUT2D eigenvalue weighted by molar-refractivity contribution is -0.132. The molecule has 3 rings (SSSR count). The third kappa shape index (κ3) is 4.78. The van der Waals surface area contributed by atoms with E-state index in [2.05, 4.69) is 29.6 Å². The van der Waals surface area contributed by atoms with Crippen LogP contribution in [0.1, 0.15) is 59.3 Å². The molecule has 1 aromatic heterocycles. The largest absolute Gasteiger partial charge is 0.354 e. The predicted molar refractivity (Wildman–Crippen MR) is 118 cm³/mol. The van der Waals surface area contributed by atoms with E-state index in [0.717, 1.165) is 17.5 Å². The fraction of sp³-hybridized carbons (Fsp3) is 0.478. The highest BCUT2D eigenvalue weighted by molar-refractivity contribution is 6.01. The maximum atomic E-state index is 12.9. The molecule has 2 aromatic rings. The minimum absolute atomic E-state index is 0.161. The maximum absolute atomic E-state index is 12.9. The molecule has 1 aliphatic rings. The first-order chi connectivity index (χ1) is 14.6. The molecule has 2 heterocycles. The van der Waals surface area contributed by atoms with Crippen molar-refractivity contribution in [1.82, 2.24) is 25.3 Å². The van der Waals surface area contributed by atoms with E-state index >= 15 is 0 Å². The molecule has 1 aliphatic heterocycles. The Bertz CT molecular complexity index is 997. The number of benzene rings is 1. The first-order valence-electron chi connectivity index (χ1n) is 10.6. The summed E-state index contributed by atoms with van der Waals surface area (Å²) in [6.07, 6.45) is 0.859. The fourth-order valence-electron chi connectivity index (χ4n) is 3.60. The molecule has 0 unspecified atom stereocenters. The normalized spacial score (nSPS) is 18.1. The number of amides is 3. The second kappa shape index (κ2) is 8.91. The molecule has 0 spiro atoms. The molecule has 0 radical (unpaired) electrons. The Hall–Kier alpha value is -3.16. The van der Waals surface area contributed by atoms with Gasteiger partial charge in [0.05, 0.1) is 6.54 Å². The first kappa shape index (κ1) is 22.5. The molecule has 166 valence electrons. The summed E-state index contributed by atoms with van der Waals surface area (Å²) in [7, 11) is 1.61. The van der Waals surface area contributed by atoms with Crippen molar-refractivity contribution >= 4 is 17.7 Å². The van der Waals surface area contributed by atoms with E-state index in [1.807, 2.05) is 31.2 Å². The summed E-state index contributed by atoms with van der Waals surface area (Å²) in [5.74, 6) is -0.451. The molecule has 31 heavy (non-hydrogen) atoms. The SMILES string of the molecule is Cc1cccc(CNC(=O)c2cc3n(n2)C[C@@](C)(C(=O)NCCC(C)C)N(C)C3=O)c1. The van der Waals surface area contributed by atoms with Crippen molar-refractivity contribution in [2.45, 2.75) is 52.7 Å². The Morgan fingerprint density at radius 2 is 1.97 bits per heavy atom. The topological polar surface area (TPSA) is 96.3 Å². The number of carbonyl (C=O) groups excluding carboxylic acids is 3. The number of carbonyl (C=O) groups is 3. The molecule has 0 aliphatic carbocycles. The number of hydrogen-bond acceptors (Lipinski definition) is 4. The lowest BCUT2D eigenvalue weighted by atomic mass is 9.95. The molecule has 2 N–H and O–H groups in total. The predicted octanol–water partition coefficient (Wildman–Crippen LogP) is 2.13. The second-order valence-corrected chi connectivity index (χ2v) is 8.82. The van der Waals surface area contributed by atoms with E-state index in [1.165, 1.54) is 15.6 Å². The molecule has 0 saturated carbocycles. The Morgan fingerprint density at radius 3 is 2.65 bits per heavy atom. The van der Waals surface area contributed by atoms with Crippen LogP contribution in [0.2, 0.25) is 0 Å². The van der Waals surface area contributed by atoms with Crippen LogP contribution in [-0.4, -0.2) is 51.5 Å².